The maximum absolute atomic E-state index is 11.1. The van der Waals surface area contributed by atoms with Crippen LogP contribution in [0.4, 0.5) is 11.4 Å². The summed E-state index contributed by atoms with van der Waals surface area (Å²) >= 11 is 0. The largest absolute Gasteiger partial charge is 0.478 e. The fraction of sp³-hybridized carbons (Fsp3) is 0.500. The molecule has 0 unspecified atom stereocenters. The van der Waals surface area contributed by atoms with Crippen molar-refractivity contribution in [1.29, 1.82) is 0 Å². The molecular formula is C14H23N3O2. The fourth-order valence-corrected chi connectivity index (χ4v) is 1.98. The van der Waals surface area contributed by atoms with E-state index < -0.39 is 5.97 Å². The molecule has 0 aromatic heterocycles. The maximum atomic E-state index is 11.1. The molecule has 106 valence electrons. The number of carboxylic acid groups (broad SMARTS) is 1. The van der Waals surface area contributed by atoms with E-state index in [9.17, 15) is 4.79 Å². The highest BCUT2D eigenvalue weighted by molar-refractivity contribution is 5.95. The summed E-state index contributed by atoms with van der Waals surface area (Å²) in [6.07, 6.45) is 0. The van der Waals surface area contributed by atoms with Gasteiger partial charge >= 0.3 is 5.97 Å². The molecule has 4 N–H and O–H groups in total. The van der Waals surface area contributed by atoms with Crippen LogP contribution in [0, 0.1) is 6.92 Å². The number of aryl methyl sites for hydroxylation is 1. The van der Waals surface area contributed by atoms with Gasteiger partial charge in [-0.2, -0.15) is 0 Å². The van der Waals surface area contributed by atoms with E-state index in [1.54, 1.807) is 6.07 Å². The molecule has 0 heterocycles. The highest BCUT2D eigenvalue weighted by Gasteiger charge is 2.11. The summed E-state index contributed by atoms with van der Waals surface area (Å²) in [5.74, 6) is -0.993. The zero-order chi connectivity index (χ0) is 14.4. The first-order chi connectivity index (χ1) is 8.99. The highest BCUT2D eigenvalue weighted by atomic mass is 16.4. The zero-order valence-corrected chi connectivity index (χ0v) is 11.9. The first-order valence-corrected chi connectivity index (χ1v) is 6.59. The van der Waals surface area contributed by atoms with E-state index in [0.717, 1.165) is 37.4 Å². The molecular weight excluding hydrogens is 242 g/mol. The van der Waals surface area contributed by atoms with Gasteiger partial charge in [0, 0.05) is 24.5 Å². The number of hydrogen-bond donors (Lipinski definition) is 3. The van der Waals surface area contributed by atoms with Crippen LogP contribution in [0.5, 0.6) is 0 Å². The lowest BCUT2D eigenvalue weighted by Crippen LogP contribution is -2.28. The van der Waals surface area contributed by atoms with E-state index in [0.29, 0.717) is 5.69 Å². The minimum Gasteiger partial charge on any atom is -0.478 e. The SMILES string of the molecule is CCN(CC)CCNc1cc(C)c(N)c(C(=O)O)c1. The molecule has 1 aromatic rings. The van der Waals surface area contributed by atoms with Crippen LogP contribution < -0.4 is 11.1 Å². The van der Waals surface area contributed by atoms with Gasteiger partial charge in [-0.15, -0.1) is 0 Å². The number of benzene rings is 1. The molecule has 0 radical (unpaired) electrons. The summed E-state index contributed by atoms with van der Waals surface area (Å²) in [7, 11) is 0. The van der Waals surface area contributed by atoms with Crippen LogP contribution >= 0.6 is 0 Å². The number of likely N-dealkylation sites (N-methyl/N-ethyl adjacent to an activating group) is 1. The van der Waals surface area contributed by atoms with Crippen LogP contribution in [0.15, 0.2) is 12.1 Å². The number of nitrogens with zero attached hydrogens (tertiary/aromatic N) is 1. The Kier molecular flexibility index (Phi) is 5.63. The molecule has 0 bridgehead atoms. The van der Waals surface area contributed by atoms with E-state index in [2.05, 4.69) is 24.1 Å². The second-order valence-corrected chi connectivity index (χ2v) is 4.51. The van der Waals surface area contributed by atoms with Crippen molar-refractivity contribution in [3.8, 4) is 0 Å². The Morgan fingerprint density at radius 2 is 2.00 bits per heavy atom. The van der Waals surface area contributed by atoms with Crippen molar-refractivity contribution in [2.24, 2.45) is 0 Å². The number of carboxylic acids is 1. The molecule has 1 aromatic carbocycles. The highest BCUT2D eigenvalue weighted by Crippen LogP contribution is 2.22. The lowest BCUT2D eigenvalue weighted by molar-refractivity contribution is 0.0698. The molecule has 0 amide bonds. The monoisotopic (exact) mass is 265 g/mol. The minimum absolute atomic E-state index is 0.158. The maximum Gasteiger partial charge on any atom is 0.337 e. The van der Waals surface area contributed by atoms with E-state index in [4.69, 9.17) is 10.8 Å². The fourth-order valence-electron chi connectivity index (χ4n) is 1.98. The molecule has 0 aliphatic heterocycles. The topological polar surface area (TPSA) is 78.6 Å². The summed E-state index contributed by atoms with van der Waals surface area (Å²) in [6.45, 7) is 9.80. The zero-order valence-electron chi connectivity index (χ0n) is 11.9. The third-order valence-corrected chi connectivity index (χ3v) is 3.27. The number of rotatable bonds is 7. The van der Waals surface area contributed by atoms with Crippen molar-refractivity contribution in [2.45, 2.75) is 20.8 Å². The lowest BCUT2D eigenvalue weighted by atomic mass is 10.1. The van der Waals surface area contributed by atoms with Crippen LogP contribution in [-0.2, 0) is 0 Å². The van der Waals surface area contributed by atoms with Crippen LogP contribution in [0.1, 0.15) is 29.8 Å². The second kappa shape index (κ2) is 6.99. The molecule has 0 aliphatic rings. The normalized spacial score (nSPS) is 10.7. The number of anilines is 2. The van der Waals surface area contributed by atoms with Crippen molar-refractivity contribution >= 4 is 17.3 Å². The average Bonchev–Trinajstić information content (AvgIpc) is 2.38. The number of nitrogens with one attached hydrogen (secondary N) is 1. The van der Waals surface area contributed by atoms with E-state index in [1.807, 2.05) is 13.0 Å². The van der Waals surface area contributed by atoms with Gasteiger partial charge < -0.3 is 21.1 Å². The van der Waals surface area contributed by atoms with E-state index in [-0.39, 0.29) is 5.56 Å². The van der Waals surface area contributed by atoms with Gasteiger partial charge in [0.25, 0.3) is 0 Å². The quantitative estimate of drug-likeness (QED) is 0.657. The smallest absolute Gasteiger partial charge is 0.337 e. The second-order valence-electron chi connectivity index (χ2n) is 4.51. The molecule has 1 rings (SSSR count). The van der Waals surface area contributed by atoms with Crippen LogP contribution in [0.3, 0.4) is 0 Å². The van der Waals surface area contributed by atoms with Crippen molar-refractivity contribution in [3.63, 3.8) is 0 Å². The molecule has 0 fully saturated rings. The van der Waals surface area contributed by atoms with E-state index in [1.165, 1.54) is 0 Å². The summed E-state index contributed by atoms with van der Waals surface area (Å²) in [5.41, 5.74) is 7.83. The standard InChI is InChI=1S/C14H23N3O2/c1-4-17(5-2)7-6-16-11-8-10(3)13(15)12(9-11)14(18)19/h8-9,16H,4-7,15H2,1-3H3,(H,18,19). The van der Waals surface area contributed by atoms with Crippen molar-refractivity contribution in [1.82, 2.24) is 4.90 Å². The summed E-state index contributed by atoms with van der Waals surface area (Å²) < 4.78 is 0. The predicted molar refractivity (Wildman–Crippen MR) is 78.8 cm³/mol. The van der Waals surface area contributed by atoms with Gasteiger partial charge in [0.1, 0.15) is 0 Å². The Balaban J connectivity index is 2.72. The van der Waals surface area contributed by atoms with Crippen molar-refractivity contribution < 1.29 is 9.90 Å². The molecule has 19 heavy (non-hydrogen) atoms. The lowest BCUT2D eigenvalue weighted by Gasteiger charge is -2.19. The van der Waals surface area contributed by atoms with Gasteiger partial charge in [-0.25, -0.2) is 4.79 Å². The first-order valence-electron chi connectivity index (χ1n) is 6.59. The Morgan fingerprint density at radius 1 is 1.37 bits per heavy atom. The van der Waals surface area contributed by atoms with Gasteiger partial charge in [-0.1, -0.05) is 13.8 Å². The van der Waals surface area contributed by atoms with Gasteiger partial charge in [0.2, 0.25) is 0 Å². The summed E-state index contributed by atoms with van der Waals surface area (Å²) in [6, 6.07) is 3.47. The molecule has 0 spiro atoms. The summed E-state index contributed by atoms with van der Waals surface area (Å²) in [4.78, 5) is 13.4. The Morgan fingerprint density at radius 3 is 2.53 bits per heavy atom. The van der Waals surface area contributed by atoms with Gasteiger partial charge in [0.05, 0.1) is 5.56 Å². The molecule has 0 aliphatic carbocycles. The Bertz CT molecular complexity index is 443. The first kappa shape index (κ1) is 15.3. The number of aromatic carboxylic acids is 1. The van der Waals surface area contributed by atoms with Crippen LogP contribution in [-0.4, -0.2) is 42.2 Å². The van der Waals surface area contributed by atoms with Crippen molar-refractivity contribution in [2.75, 3.05) is 37.2 Å². The number of carbonyl (C=O) groups is 1. The van der Waals surface area contributed by atoms with E-state index >= 15 is 0 Å². The number of hydrogen-bond acceptors (Lipinski definition) is 4. The van der Waals surface area contributed by atoms with Gasteiger partial charge in [0.15, 0.2) is 0 Å². The number of nitrogen functional groups attached to an aromatic ring is 1. The molecule has 5 nitrogen and oxygen atoms in total. The molecule has 0 saturated carbocycles. The molecule has 0 saturated heterocycles. The summed E-state index contributed by atoms with van der Waals surface area (Å²) in [5, 5.41) is 12.3. The Hall–Kier alpha value is -1.75. The third-order valence-electron chi connectivity index (χ3n) is 3.27. The third kappa shape index (κ3) is 4.13. The van der Waals surface area contributed by atoms with Crippen molar-refractivity contribution in [3.05, 3.63) is 23.3 Å². The minimum atomic E-state index is -0.993. The Labute approximate surface area is 114 Å². The average molecular weight is 265 g/mol. The molecule has 0 atom stereocenters. The molecule has 5 heteroatoms. The number of nitrogens with two attached hydrogens (primary N) is 1. The van der Waals surface area contributed by atoms with Crippen LogP contribution in [0.2, 0.25) is 0 Å². The van der Waals surface area contributed by atoms with Crippen LogP contribution in [0.25, 0.3) is 0 Å². The van der Waals surface area contributed by atoms with Gasteiger partial charge in [-0.3, -0.25) is 0 Å². The predicted octanol–water partition coefficient (Wildman–Crippen LogP) is 2.03. The van der Waals surface area contributed by atoms with Gasteiger partial charge in [-0.05, 0) is 37.7 Å².